The lowest BCUT2D eigenvalue weighted by atomic mass is 9.96. The number of carbonyl (C=O) groups is 1. The number of nitrogens with zero attached hydrogens (tertiary/aromatic N) is 3. The van der Waals surface area contributed by atoms with E-state index in [1.165, 1.54) is 5.69 Å². The Balaban J connectivity index is 1.35. The van der Waals surface area contributed by atoms with E-state index in [0.29, 0.717) is 6.04 Å². The fraction of sp³-hybridized carbons (Fsp3) is 0.652. The average Bonchev–Trinajstić information content (AvgIpc) is 3.23. The highest BCUT2D eigenvalue weighted by molar-refractivity contribution is 5.80. The summed E-state index contributed by atoms with van der Waals surface area (Å²) < 4.78 is 0. The molecule has 0 bridgehead atoms. The molecule has 2 aliphatic heterocycles. The molecule has 1 amide bonds. The van der Waals surface area contributed by atoms with Crippen molar-refractivity contribution in [3.63, 3.8) is 0 Å². The lowest BCUT2D eigenvalue weighted by Crippen LogP contribution is -2.44. The standard InChI is InChI=1S/C23H38N6O/c1-2-25-23(27-20-12-17-29(18-20)21-8-4-3-5-9-21)26-13-6-7-14-28-15-10-19(11-16-28)22(24)30/h3-5,8-9,19-20H,2,6-7,10-18H2,1H3,(H2,24,30)(H2,25,26,27). The molecule has 30 heavy (non-hydrogen) atoms. The number of aliphatic imine (C=N–C) groups is 1. The van der Waals surface area contributed by atoms with Gasteiger partial charge in [0.15, 0.2) is 5.96 Å². The zero-order valence-corrected chi connectivity index (χ0v) is 18.4. The maximum absolute atomic E-state index is 11.3. The lowest BCUT2D eigenvalue weighted by molar-refractivity contribution is -0.123. The number of benzene rings is 1. The van der Waals surface area contributed by atoms with Gasteiger partial charge in [-0.25, -0.2) is 0 Å². The van der Waals surface area contributed by atoms with Crippen molar-refractivity contribution in [3.05, 3.63) is 30.3 Å². The summed E-state index contributed by atoms with van der Waals surface area (Å²) in [6.07, 6.45) is 5.15. The number of para-hydroxylation sites is 1. The van der Waals surface area contributed by atoms with E-state index in [-0.39, 0.29) is 11.8 Å². The minimum absolute atomic E-state index is 0.0769. The van der Waals surface area contributed by atoms with Crippen LogP contribution in [-0.2, 0) is 4.79 Å². The summed E-state index contributed by atoms with van der Waals surface area (Å²) in [6.45, 7) is 8.96. The van der Waals surface area contributed by atoms with Crippen LogP contribution in [0.5, 0.6) is 0 Å². The number of likely N-dealkylation sites (tertiary alicyclic amines) is 1. The number of primary amides is 1. The molecule has 166 valence electrons. The number of guanidine groups is 1. The highest BCUT2D eigenvalue weighted by Crippen LogP contribution is 2.19. The molecule has 1 atom stereocenters. The van der Waals surface area contributed by atoms with E-state index in [4.69, 9.17) is 10.7 Å². The molecule has 0 radical (unpaired) electrons. The summed E-state index contributed by atoms with van der Waals surface area (Å²) in [5, 5.41) is 7.00. The van der Waals surface area contributed by atoms with Gasteiger partial charge in [-0.2, -0.15) is 0 Å². The molecule has 7 nitrogen and oxygen atoms in total. The van der Waals surface area contributed by atoms with Crippen molar-refractivity contribution >= 4 is 17.6 Å². The quantitative estimate of drug-likeness (QED) is 0.326. The van der Waals surface area contributed by atoms with Crippen LogP contribution in [0.25, 0.3) is 0 Å². The van der Waals surface area contributed by atoms with Crippen LogP contribution in [0.4, 0.5) is 5.69 Å². The Bertz CT molecular complexity index is 672. The van der Waals surface area contributed by atoms with E-state index >= 15 is 0 Å². The maximum atomic E-state index is 11.3. The number of nitrogens with two attached hydrogens (primary N) is 1. The summed E-state index contributed by atoms with van der Waals surface area (Å²) in [6, 6.07) is 11.0. The summed E-state index contributed by atoms with van der Waals surface area (Å²) in [4.78, 5) is 20.9. The number of carbonyl (C=O) groups excluding carboxylic acids is 1. The summed E-state index contributed by atoms with van der Waals surface area (Å²) in [5.74, 6) is 0.870. The average molecular weight is 415 g/mol. The van der Waals surface area contributed by atoms with Gasteiger partial charge >= 0.3 is 0 Å². The molecule has 7 heteroatoms. The van der Waals surface area contributed by atoms with E-state index in [1.807, 2.05) is 0 Å². The molecular formula is C23H38N6O. The normalized spacial score (nSPS) is 21.0. The van der Waals surface area contributed by atoms with Crippen LogP contribution in [0.15, 0.2) is 35.3 Å². The first-order valence-corrected chi connectivity index (χ1v) is 11.5. The number of nitrogens with one attached hydrogen (secondary N) is 2. The Morgan fingerprint density at radius 2 is 1.90 bits per heavy atom. The molecule has 2 saturated heterocycles. The van der Waals surface area contributed by atoms with E-state index in [2.05, 4.69) is 57.7 Å². The second-order valence-electron chi connectivity index (χ2n) is 8.40. The van der Waals surface area contributed by atoms with Gasteiger partial charge in [-0.05, 0) is 70.8 Å². The molecule has 2 aliphatic rings. The van der Waals surface area contributed by atoms with E-state index in [0.717, 1.165) is 83.9 Å². The third-order valence-electron chi connectivity index (χ3n) is 6.14. The zero-order chi connectivity index (χ0) is 21.2. The maximum Gasteiger partial charge on any atom is 0.220 e. The SMILES string of the molecule is CCNC(=NCCCCN1CCC(C(N)=O)CC1)NC1CCN(c2ccccc2)C1. The number of hydrogen-bond donors (Lipinski definition) is 3. The van der Waals surface area contributed by atoms with E-state index in [9.17, 15) is 4.79 Å². The molecule has 1 aromatic carbocycles. The first kappa shape index (κ1) is 22.4. The second kappa shape index (κ2) is 11.8. The third-order valence-corrected chi connectivity index (χ3v) is 6.14. The smallest absolute Gasteiger partial charge is 0.220 e. The van der Waals surface area contributed by atoms with E-state index < -0.39 is 0 Å². The van der Waals surface area contributed by atoms with Crippen molar-refractivity contribution in [2.24, 2.45) is 16.6 Å². The first-order valence-electron chi connectivity index (χ1n) is 11.5. The molecule has 2 fully saturated rings. The number of unbranched alkanes of at least 4 members (excludes halogenated alkanes) is 1. The summed E-state index contributed by atoms with van der Waals surface area (Å²) in [7, 11) is 0. The fourth-order valence-corrected chi connectivity index (χ4v) is 4.34. The topological polar surface area (TPSA) is 86.0 Å². The minimum Gasteiger partial charge on any atom is -0.369 e. The van der Waals surface area contributed by atoms with Gasteiger partial charge in [-0.3, -0.25) is 9.79 Å². The Hall–Kier alpha value is -2.28. The van der Waals surface area contributed by atoms with Crippen LogP contribution in [0.3, 0.4) is 0 Å². The molecular weight excluding hydrogens is 376 g/mol. The second-order valence-corrected chi connectivity index (χ2v) is 8.40. The summed E-state index contributed by atoms with van der Waals surface area (Å²) >= 11 is 0. The predicted octanol–water partition coefficient (Wildman–Crippen LogP) is 1.80. The van der Waals surface area contributed by atoms with Gasteiger partial charge in [0, 0.05) is 43.8 Å². The van der Waals surface area contributed by atoms with Gasteiger partial charge in [-0.15, -0.1) is 0 Å². The molecule has 0 aromatic heterocycles. The third kappa shape index (κ3) is 6.90. The highest BCUT2D eigenvalue weighted by Gasteiger charge is 2.24. The molecule has 0 saturated carbocycles. The molecule has 0 spiro atoms. The minimum atomic E-state index is -0.137. The zero-order valence-electron chi connectivity index (χ0n) is 18.4. The van der Waals surface area contributed by atoms with Crippen LogP contribution in [0.2, 0.25) is 0 Å². The van der Waals surface area contributed by atoms with Crippen LogP contribution >= 0.6 is 0 Å². The van der Waals surface area contributed by atoms with Gasteiger partial charge < -0.3 is 26.2 Å². The number of rotatable bonds is 9. The van der Waals surface area contributed by atoms with Gasteiger partial charge in [0.1, 0.15) is 0 Å². The van der Waals surface area contributed by atoms with Crippen molar-refractivity contribution in [1.82, 2.24) is 15.5 Å². The predicted molar refractivity (Wildman–Crippen MR) is 124 cm³/mol. The van der Waals surface area contributed by atoms with Gasteiger partial charge in [0.2, 0.25) is 5.91 Å². The van der Waals surface area contributed by atoms with Crippen LogP contribution in [0.1, 0.15) is 39.0 Å². The number of piperidine rings is 1. The van der Waals surface area contributed by atoms with Crippen molar-refractivity contribution < 1.29 is 4.79 Å². The fourth-order valence-electron chi connectivity index (χ4n) is 4.34. The Kier molecular flexibility index (Phi) is 8.81. The van der Waals surface area contributed by atoms with Crippen molar-refractivity contribution in [2.45, 2.75) is 45.1 Å². The Morgan fingerprint density at radius 3 is 2.60 bits per heavy atom. The monoisotopic (exact) mass is 414 g/mol. The number of anilines is 1. The van der Waals surface area contributed by atoms with Gasteiger partial charge in [0.25, 0.3) is 0 Å². The molecule has 1 unspecified atom stereocenters. The molecule has 0 aliphatic carbocycles. The van der Waals surface area contributed by atoms with Gasteiger partial charge in [0.05, 0.1) is 0 Å². The van der Waals surface area contributed by atoms with Crippen molar-refractivity contribution in [2.75, 3.05) is 50.7 Å². The Morgan fingerprint density at radius 1 is 1.13 bits per heavy atom. The summed E-state index contributed by atoms with van der Waals surface area (Å²) in [5.41, 5.74) is 6.71. The lowest BCUT2D eigenvalue weighted by Gasteiger charge is -2.30. The van der Waals surface area contributed by atoms with Crippen LogP contribution in [-0.4, -0.2) is 68.6 Å². The highest BCUT2D eigenvalue weighted by atomic mass is 16.1. The van der Waals surface area contributed by atoms with Crippen LogP contribution < -0.4 is 21.3 Å². The largest absolute Gasteiger partial charge is 0.369 e. The van der Waals surface area contributed by atoms with Crippen molar-refractivity contribution in [3.8, 4) is 0 Å². The van der Waals surface area contributed by atoms with Crippen molar-refractivity contribution in [1.29, 1.82) is 0 Å². The Labute approximate surface area is 181 Å². The van der Waals surface area contributed by atoms with Gasteiger partial charge in [-0.1, -0.05) is 18.2 Å². The van der Waals surface area contributed by atoms with Crippen LogP contribution in [0, 0.1) is 5.92 Å². The number of amides is 1. The molecule has 3 rings (SSSR count). The molecule has 1 aromatic rings. The molecule has 2 heterocycles. The molecule has 4 N–H and O–H groups in total. The first-order chi connectivity index (χ1) is 14.7. The number of hydrogen-bond acceptors (Lipinski definition) is 4. The van der Waals surface area contributed by atoms with E-state index in [1.54, 1.807) is 0 Å².